The van der Waals surface area contributed by atoms with Crippen LogP contribution in [0, 0.1) is 0 Å². The molecule has 0 atom stereocenters. The van der Waals surface area contributed by atoms with Crippen molar-refractivity contribution in [2.24, 2.45) is 0 Å². The fraction of sp³-hybridized carbons (Fsp3) is 0. The number of hydrogen-bond acceptors (Lipinski definition) is 5. The highest BCUT2D eigenvalue weighted by molar-refractivity contribution is 7.13. The van der Waals surface area contributed by atoms with Crippen molar-refractivity contribution in [2.45, 2.75) is 0 Å². The van der Waals surface area contributed by atoms with E-state index in [0.717, 1.165) is 10.6 Å². The highest BCUT2D eigenvalue weighted by atomic mass is 32.1. The lowest BCUT2D eigenvalue weighted by Gasteiger charge is -2.06. The molecule has 1 amide bonds. The van der Waals surface area contributed by atoms with Gasteiger partial charge in [-0.3, -0.25) is 4.79 Å². The maximum atomic E-state index is 12.4. The van der Waals surface area contributed by atoms with Crippen molar-refractivity contribution in [3.05, 3.63) is 65.5 Å². The Morgan fingerprint density at radius 2 is 1.96 bits per heavy atom. The molecule has 7 heteroatoms. The minimum atomic E-state index is -0.240. The topological polar surface area (TPSA) is 85.3 Å². The number of fused-ring (bicyclic) bond motifs is 1. The molecule has 0 spiro atoms. The molecule has 4 aromatic rings. The zero-order chi connectivity index (χ0) is 16.5. The number of amides is 1. The number of benzene rings is 1. The fourth-order valence-corrected chi connectivity index (χ4v) is 3.03. The van der Waals surface area contributed by atoms with E-state index in [1.54, 1.807) is 23.5 Å². The van der Waals surface area contributed by atoms with Crippen molar-refractivity contribution in [2.75, 3.05) is 11.1 Å². The van der Waals surface area contributed by atoms with E-state index in [2.05, 4.69) is 15.4 Å². The standard InChI is InChI=1S/C17H13N5OS/c18-14-9-11(17(23)19-12-5-2-1-3-6-12)10-15-20-16(21-22(14)15)13-7-4-8-24-13/h1-10H,18H2,(H,19,23). The van der Waals surface area contributed by atoms with Crippen LogP contribution in [0.5, 0.6) is 0 Å². The van der Waals surface area contributed by atoms with E-state index in [0.29, 0.717) is 22.9 Å². The van der Waals surface area contributed by atoms with Gasteiger partial charge >= 0.3 is 0 Å². The van der Waals surface area contributed by atoms with E-state index in [4.69, 9.17) is 5.73 Å². The Balaban J connectivity index is 1.70. The van der Waals surface area contributed by atoms with Gasteiger partial charge in [0.25, 0.3) is 5.91 Å². The third-order valence-corrected chi connectivity index (χ3v) is 4.37. The van der Waals surface area contributed by atoms with Crippen LogP contribution >= 0.6 is 11.3 Å². The number of rotatable bonds is 3. The molecule has 3 heterocycles. The molecule has 0 saturated carbocycles. The zero-order valence-electron chi connectivity index (χ0n) is 12.5. The van der Waals surface area contributed by atoms with E-state index in [1.165, 1.54) is 4.52 Å². The summed E-state index contributed by atoms with van der Waals surface area (Å²) in [6, 6.07) is 16.4. The lowest BCUT2D eigenvalue weighted by Crippen LogP contribution is -2.13. The number of anilines is 2. The second-order valence-electron chi connectivity index (χ2n) is 5.17. The highest BCUT2D eigenvalue weighted by Crippen LogP contribution is 2.23. The van der Waals surface area contributed by atoms with Gasteiger partial charge in [-0.2, -0.15) is 4.52 Å². The second-order valence-corrected chi connectivity index (χ2v) is 6.12. The summed E-state index contributed by atoms with van der Waals surface area (Å²) in [6.45, 7) is 0. The average Bonchev–Trinajstić information content (AvgIpc) is 3.25. The van der Waals surface area contributed by atoms with E-state index >= 15 is 0 Å². The number of aromatic nitrogens is 3. The van der Waals surface area contributed by atoms with Gasteiger partial charge in [0, 0.05) is 11.3 Å². The summed E-state index contributed by atoms with van der Waals surface area (Å²) in [5.74, 6) is 0.717. The van der Waals surface area contributed by atoms with Crippen molar-refractivity contribution in [3.63, 3.8) is 0 Å². The third-order valence-electron chi connectivity index (χ3n) is 3.50. The Labute approximate surface area is 141 Å². The number of carbonyl (C=O) groups is 1. The SMILES string of the molecule is Nc1cc(C(=O)Nc2ccccc2)cc2nc(-c3cccs3)nn12. The largest absolute Gasteiger partial charge is 0.384 e. The molecule has 3 N–H and O–H groups in total. The molecular weight excluding hydrogens is 322 g/mol. The molecule has 0 bridgehead atoms. The molecular formula is C17H13N5OS. The van der Waals surface area contributed by atoms with Crippen LogP contribution in [-0.4, -0.2) is 20.5 Å². The maximum Gasteiger partial charge on any atom is 0.255 e. The predicted molar refractivity (Wildman–Crippen MR) is 95.1 cm³/mol. The molecule has 24 heavy (non-hydrogen) atoms. The van der Waals surface area contributed by atoms with Crippen LogP contribution in [0.2, 0.25) is 0 Å². The molecule has 0 saturated heterocycles. The first-order chi connectivity index (χ1) is 11.7. The van der Waals surface area contributed by atoms with Crippen LogP contribution in [0.1, 0.15) is 10.4 Å². The number of pyridine rings is 1. The summed E-state index contributed by atoms with van der Waals surface area (Å²) in [5, 5.41) is 9.19. The van der Waals surface area contributed by atoms with Crippen LogP contribution in [0.3, 0.4) is 0 Å². The van der Waals surface area contributed by atoms with E-state index in [1.807, 2.05) is 47.8 Å². The van der Waals surface area contributed by atoms with Crippen LogP contribution in [-0.2, 0) is 0 Å². The summed E-state index contributed by atoms with van der Waals surface area (Å²) in [5.41, 5.74) is 7.74. The highest BCUT2D eigenvalue weighted by Gasteiger charge is 2.14. The third kappa shape index (κ3) is 2.61. The molecule has 0 aliphatic carbocycles. The Morgan fingerprint density at radius 1 is 1.12 bits per heavy atom. The van der Waals surface area contributed by atoms with Gasteiger partial charge in [-0.05, 0) is 35.7 Å². The number of nitrogen functional groups attached to an aromatic ring is 1. The van der Waals surface area contributed by atoms with Crippen LogP contribution < -0.4 is 11.1 Å². The molecule has 118 valence electrons. The molecule has 0 aliphatic rings. The number of thiophene rings is 1. The first kappa shape index (κ1) is 14.4. The van der Waals surface area contributed by atoms with E-state index < -0.39 is 0 Å². The van der Waals surface area contributed by atoms with Gasteiger partial charge in [-0.15, -0.1) is 16.4 Å². The molecule has 0 aliphatic heterocycles. The van der Waals surface area contributed by atoms with E-state index in [9.17, 15) is 4.79 Å². The minimum absolute atomic E-state index is 0.240. The van der Waals surface area contributed by atoms with Gasteiger partial charge in [0.2, 0.25) is 0 Å². The molecule has 0 fully saturated rings. The normalized spacial score (nSPS) is 10.8. The number of nitrogens with zero attached hydrogens (tertiary/aromatic N) is 3. The van der Waals surface area contributed by atoms with Crippen molar-refractivity contribution < 1.29 is 4.79 Å². The second kappa shape index (κ2) is 5.78. The van der Waals surface area contributed by atoms with Gasteiger partial charge in [0.05, 0.1) is 4.88 Å². The van der Waals surface area contributed by atoms with Gasteiger partial charge in [-0.1, -0.05) is 24.3 Å². The van der Waals surface area contributed by atoms with E-state index in [-0.39, 0.29) is 5.91 Å². The number of nitrogens with one attached hydrogen (secondary N) is 1. The summed E-state index contributed by atoms with van der Waals surface area (Å²) in [4.78, 5) is 17.8. The maximum absolute atomic E-state index is 12.4. The van der Waals surface area contributed by atoms with Gasteiger partial charge < -0.3 is 11.1 Å². The first-order valence-electron chi connectivity index (χ1n) is 7.27. The van der Waals surface area contributed by atoms with Crippen molar-refractivity contribution in [1.82, 2.24) is 14.6 Å². The lowest BCUT2D eigenvalue weighted by molar-refractivity contribution is 0.102. The van der Waals surface area contributed by atoms with Crippen molar-refractivity contribution >= 4 is 34.4 Å². The molecule has 6 nitrogen and oxygen atoms in total. The lowest BCUT2D eigenvalue weighted by atomic mass is 10.2. The molecule has 1 aromatic carbocycles. The van der Waals surface area contributed by atoms with Gasteiger partial charge in [0.15, 0.2) is 11.5 Å². The Bertz CT molecular complexity index is 1010. The molecule has 4 rings (SSSR count). The monoisotopic (exact) mass is 335 g/mol. The summed E-state index contributed by atoms with van der Waals surface area (Å²) in [7, 11) is 0. The molecule has 3 aromatic heterocycles. The number of hydrogen-bond donors (Lipinski definition) is 2. The smallest absolute Gasteiger partial charge is 0.255 e. The van der Waals surface area contributed by atoms with Gasteiger partial charge in [-0.25, -0.2) is 4.98 Å². The average molecular weight is 335 g/mol. The number of nitrogens with two attached hydrogens (primary N) is 1. The van der Waals surface area contributed by atoms with Crippen LogP contribution in [0.4, 0.5) is 11.5 Å². The summed E-state index contributed by atoms with van der Waals surface area (Å²) < 4.78 is 1.54. The molecule has 0 unspecified atom stereocenters. The Hall–Kier alpha value is -3.19. The van der Waals surface area contributed by atoms with Crippen molar-refractivity contribution in [3.8, 4) is 10.7 Å². The van der Waals surface area contributed by atoms with Crippen LogP contribution in [0.25, 0.3) is 16.3 Å². The summed E-state index contributed by atoms with van der Waals surface area (Å²) in [6.07, 6.45) is 0. The zero-order valence-corrected chi connectivity index (χ0v) is 13.3. The van der Waals surface area contributed by atoms with Crippen molar-refractivity contribution in [1.29, 1.82) is 0 Å². The minimum Gasteiger partial charge on any atom is -0.384 e. The van der Waals surface area contributed by atoms with Gasteiger partial charge in [0.1, 0.15) is 5.82 Å². The molecule has 0 radical (unpaired) electrons. The Morgan fingerprint density at radius 3 is 2.71 bits per heavy atom. The predicted octanol–water partition coefficient (Wildman–Crippen LogP) is 3.29. The number of carbonyl (C=O) groups excluding carboxylic acids is 1. The first-order valence-corrected chi connectivity index (χ1v) is 8.15. The fourth-order valence-electron chi connectivity index (χ4n) is 2.37. The Kier molecular flexibility index (Phi) is 3.47. The quantitative estimate of drug-likeness (QED) is 0.601. The summed E-state index contributed by atoms with van der Waals surface area (Å²) >= 11 is 1.55. The number of para-hydroxylation sites is 1. The van der Waals surface area contributed by atoms with Crippen LogP contribution in [0.15, 0.2) is 60.0 Å².